The van der Waals surface area contributed by atoms with Crippen molar-refractivity contribution in [3.8, 4) is 11.5 Å². The molecule has 4 aromatic rings. The number of aromatic amines is 2. The van der Waals surface area contributed by atoms with Crippen LogP contribution in [0.2, 0.25) is 0 Å². The molecule has 0 radical (unpaired) electrons. The third-order valence-electron chi connectivity index (χ3n) is 10.1. The minimum atomic E-state index is 0.554. The Balaban J connectivity index is 0.000000159. The Morgan fingerprint density at radius 1 is 0.822 bits per heavy atom. The van der Waals surface area contributed by atoms with Crippen molar-refractivity contribution in [2.45, 2.75) is 88.9 Å². The molecule has 0 aliphatic carbocycles. The number of rotatable bonds is 10. The summed E-state index contributed by atoms with van der Waals surface area (Å²) in [6, 6.07) is 15.4. The molecule has 3 aliphatic rings. The Hall–Kier alpha value is -2.26. The van der Waals surface area contributed by atoms with Gasteiger partial charge < -0.3 is 24.8 Å². The van der Waals surface area contributed by atoms with Gasteiger partial charge in [-0.05, 0) is 135 Å². The summed E-state index contributed by atoms with van der Waals surface area (Å²) in [5, 5.41) is 6.50. The van der Waals surface area contributed by atoms with Crippen molar-refractivity contribution in [2.75, 3.05) is 43.8 Å². The number of fused-ring (bicyclic) bond motifs is 2. The number of H-pyrrole nitrogens is 2. The van der Waals surface area contributed by atoms with Gasteiger partial charge in [-0.15, -0.1) is 0 Å². The predicted octanol–water partition coefficient (Wildman–Crippen LogP) is 8.06. The molecule has 3 N–H and O–H groups in total. The number of benzene rings is 2. The zero-order chi connectivity index (χ0) is 31.0. The summed E-state index contributed by atoms with van der Waals surface area (Å²) in [5.41, 5.74) is 5.25. The number of nitrogens with zero attached hydrogens (tertiary/aromatic N) is 1. The van der Waals surface area contributed by atoms with Gasteiger partial charge in [-0.2, -0.15) is 23.5 Å². The van der Waals surface area contributed by atoms with E-state index in [0.717, 1.165) is 30.4 Å². The van der Waals surface area contributed by atoms with Crippen molar-refractivity contribution in [3.63, 3.8) is 0 Å². The van der Waals surface area contributed by atoms with Crippen LogP contribution in [0.4, 0.5) is 0 Å². The molecule has 2 aromatic heterocycles. The molecule has 0 amide bonds. The van der Waals surface area contributed by atoms with E-state index in [9.17, 15) is 0 Å². The second kappa shape index (κ2) is 16.0. The number of aromatic nitrogens is 2. The van der Waals surface area contributed by atoms with Gasteiger partial charge in [-0.25, -0.2) is 0 Å². The quantitative estimate of drug-likeness (QED) is 0.162. The van der Waals surface area contributed by atoms with Crippen LogP contribution >= 0.6 is 23.5 Å². The van der Waals surface area contributed by atoms with Gasteiger partial charge in [0.2, 0.25) is 0 Å². The van der Waals surface area contributed by atoms with Crippen LogP contribution in [0.25, 0.3) is 21.8 Å². The molecule has 0 saturated carbocycles. The van der Waals surface area contributed by atoms with Crippen molar-refractivity contribution in [1.82, 2.24) is 20.2 Å². The van der Waals surface area contributed by atoms with Crippen LogP contribution < -0.4 is 14.8 Å². The first-order valence-corrected chi connectivity index (χ1v) is 19.4. The summed E-state index contributed by atoms with van der Waals surface area (Å²) < 4.78 is 10.8. The fourth-order valence-electron chi connectivity index (χ4n) is 7.52. The minimum Gasteiger partial charge on any atom is -0.497 e. The molecule has 6 nitrogen and oxygen atoms in total. The van der Waals surface area contributed by atoms with E-state index in [1.54, 1.807) is 14.2 Å². The van der Waals surface area contributed by atoms with Crippen LogP contribution in [0.1, 0.15) is 63.0 Å². The minimum absolute atomic E-state index is 0.554. The molecule has 5 heterocycles. The highest BCUT2D eigenvalue weighted by Gasteiger charge is 2.32. The highest BCUT2D eigenvalue weighted by molar-refractivity contribution is 7.99. The van der Waals surface area contributed by atoms with E-state index in [0.29, 0.717) is 18.1 Å². The van der Waals surface area contributed by atoms with E-state index in [1.165, 1.54) is 107 Å². The highest BCUT2D eigenvalue weighted by Crippen LogP contribution is 2.32. The normalized spacial score (nSPS) is 20.7. The van der Waals surface area contributed by atoms with Gasteiger partial charge in [0.1, 0.15) is 11.5 Å². The van der Waals surface area contributed by atoms with Gasteiger partial charge >= 0.3 is 0 Å². The molecule has 2 atom stereocenters. The van der Waals surface area contributed by atoms with Gasteiger partial charge in [-0.3, -0.25) is 4.90 Å². The van der Waals surface area contributed by atoms with Crippen molar-refractivity contribution < 1.29 is 9.47 Å². The third-order valence-corrected chi connectivity index (χ3v) is 12.2. The summed E-state index contributed by atoms with van der Waals surface area (Å²) in [6.07, 6.45) is 15.9. The first-order valence-electron chi connectivity index (χ1n) is 17.1. The second-order valence-electron chi connectivity index (χ2n) is 12.9. The first kappa shape index (κ1) is 32.7. The van der Waals surface area contributed by atoms with E-state index in [4.69, 9.17) is 9.47 Å². The predicted molar refractivity (Wildman–Crippen MR) is 195 cm³/mol. The topological polar surface area (TPSA) is 65.3 Å². The molecule has 3 fully saturated rings. The van der Waals surface area contributed by atoms with Gasteiger partial charge in [0, 0.05) is 58.4 Å². The molecule has 2 aromatic carbocycles. The molecule has 0 spiro atoms. The Morgan fingerprint density at radius 3 is 2.04 bits per heavy atom. The molecule has 3 saturated heterocycles. The standard InChI is InChI=1S/C19H26N2OS.C18H26N2OS/c1-22-17-4-5-19-18(12-17)14(13-20-19)11-16-3-2-8-21(16)15-6-9-23-10-7-15;1-3-14(20-15-6-8-22-9-7-15)10-13-12-19-18-5-4-16(21-2)11-17(13)18/h4-5,12-13,15-16,20H,2-3,6-11H2,1H3;4-5,11-12,14-15,19-20H,3,6-10H2,1-2H3. The average molecular weight is 649 g/mol. The van der Waals surface area contributed by atoms with Crippen LogP contribution in [0, 0.1) is 0 Å². The van der Waals surface area contributed by atoms with E-state index < -0.39 is 0 Å². The average Bonchev–Trinajstić information content (AvgIpc) is 3.84. The van der Waals surface area contributed by atoms with Crippen LogP contribution in [0.5, 0.6) is 11.5 Å². The van der Waals surface area contributed by atoms with E-state index >= 15 is 0 Å². The second-order valence-corrected chi connectivity index (χ2v) is 15.3. The summed E-state index contributed by atoms with van der Waals surface area (Å²) in [6.45, 7) is 3.58. The van der Waals surface area contributed by atoms with Gasteiger partial charge in [0.25, 0.3) is 0 Å². The smallest absolute Gasteiger partial charge is 0.119 e. The van der Waals surface area contributed by atoms with E-state index in [-0.39, 0.29) is 0 Å². The number of ether oxygens (including phenoxy) is 2. The Morgan fingerprint density at radius 2 is 1.42 bits per heavy atom. The zero-order valence-electron chi connectivity index (χ0n) is 27.4. The van der Waals surface area contributed by atoms with Crippen LogP contribution in [-0.2, 0) is 12.8 Å². The lowest BCUT2D eigenvalue weighted by Crippen LogP contribution is -2.42. The maximum atomic E-state index is 5.41. The van der Waals surface area contributed by atoms with Crippen molar-refractivity contribution in [1.29, 1.82) is 0 Å². The van der Waals surface area contributed by atoms with Crippen molar-refractivity contribution in [3.05, 3.63) is 59.9 Å². The van der Waals surface area contributed by atoms with Crippen LogP contribution in [-0.4, -0.2) is 82.8 Å². The first-order chi connectivity index (χ1) is 22.1. The molecule has 2 unspecified atom stereocenters. The largest absolute Gasteiger partial charge is 0.497 e. The van der Waals surface area contributed by atoms with Crippen molar-refractivity contribution in [2.24, 2.45) is 0 Å². The van der Waals surface area contributed by atoms with Crippen LogP contribution in [0.3, 0.4) is 0 Å². The monoisotopic (exact) mass is 648 g/mol. The number of likely N-dealkylation sites (tertiary alicyclic amines) is 1. The molecule has 45 heavy (non-hydrogen) atoms. The maximum absolute atomic E-state index is 5.41. The molecule has 7 rings (SSSR count). The van der Waals surface area contributed by atoms with Gasteiger partial charge in [0.15, 0.2) is 0 Å². The molecule has 8 heteroatoms. The summed E-state index contributed by atoms with van der Waals surface area (Å²) in [4.78, 5) is 9.63. The van der Waals surface area contributed by atoms with Gasteiger partial charge in [0.05, 0.1) is 14.2 Å². The zero-order valence-corrected chi connectivity index (χ0v) is 29.0. The highest BCUT2D eigenvalue weighted by atomic mass is 32.2. The molecular weight excluding hydrogens is 597 g/mol. The molecule has 0 bridgehead atoms. The molecular formula is C37H52N4O2S2. The summed E-state index contributed by atoms with van der Waals surface area (Å²) >= 11 is 4.21. The van der Waals surface area contributed by atoms with E-state index in [2.05, 4.69) is 87.3 Å². The Bertz CT molecular complexity index is 1490. The molecule has 244 valence electrons. The maximum Gasteiger partial charge on any atom is 0.119 e. The lowest BCUT2D eigenvalue weighted by molar-refractivity contribution is 0.168. The van der Waals surface area contributed by atoms with Gasteiger partial charge in [-0.1, -0.05) is 6.92 Å². The SMILES string of the molecule is CCC(Cc1c[nH]c2ccc(OC)cc12)NC1CCSCC1.COc1ccc2[nH]cc(CC3CCCN3C3CCSCC3)c2c1. The molecule has 3 aliphatic heterocycles. The Kier molecular flexibility index (Phi) is 11.6. The number of thioether (sulfide) groups is 2. The number of methoxy groups -OCH3 is 2. The summed E-state index contributed by atoms with van der Waals surface area (Å²) in [5.74, 6) is 7.18. The number of hydrogen-bond donors (Lipinski definition) is 3. The third kappa shape index (κ3) is 8.19. The lowest BCUT2D eigenvalue weighted by Gasteiger charge is -2.35. The van der Waals surface area contributed by atoms with Crippen LogP contribution in [0.15, 0.2) is 48.8 Å². The number of hydrogen-bond acceptors (Lipinski definition) is 6. The fraction of sp³-hybridized carbons (Fsp3) is 0.568. The Labute approximate surface area is 278 Å². The number of nitrogens with one attached hydrogen (secondary N) is 3. The van der Waals surface area contributed by atoms with Crippen molar-refractivity contribution >= 4 is 45.3 Å². The van der Waals surface area contributed by atoms with E-state index in [1.807, 2.05) is 12.1 Å². The fourth-order valence-corrected chi connectivity index (χ4v) is 9.71. The summed E-state index contributed by atoms with van der Waals surface area (Å²) in [7, 11) is 3.47. The lowest BCUT2D eigenvalue weighted by atomic mass is 10.0.